The number of anilines is 3. The largest absolute Gasteiger partial charge is 0.341 e. The molecule has 180 valence electrons. The van der Waals surface area contributed by atoms with Crippen LogP contribution in [0.5, 0.6) is 0 Å². The van der Waals surface area contributed by atoms with E-state index < -0.39 is 40.1 Å². The zero-order valence-corrected chi connectivity index (χ0v) is 20.2. The highest BCUT2D eigenvalue weighted by Gasteiger charge is 2.48. The van der Waals surface area contributed by atoms with Gasteiger partial charge < -0.3 is 26.6 Å². The summed E-state index contributed by atoms with van der Waals surface area (Å²) in [7, 11) is 0. The van der Waals surface area contributed by atoms with E-state index in [1.807, 2.05) is 0 Å². The first-order valence-corrected chi connectivity index (χ1v) is 10.9. The van der Waals surface area contributed by atoms with E-state index in [2.05, 4.69) is 26.6 Å². The van der Waals surface area contributed by atoms with E-state index in [0.717, 1.165) is 0 Å². The van der Waals surface area contributed by atoms with Crippen molar-refractivity contribution < 1.29 is 24.0 Å². The van der Waals surface area contributed by atoms with Crippen LogP contribution in [0.15, 0.2) is 18.2 Å². The molecular formula is C23H33N5O5. The molecule has 1 aliphatic rings. The summed E-state index contributed by atoms with van der Waals surface area (Å²) in [6, 6.07) is 4.60. The second kappa shape index (κ2) is 9.21. The van der Waals surface area contributed by atoms with Crippen molar-refractivity contribution in [3.8, 4) is 0 Å². The van der Waals surface area contributed by atoms with Crippen LogP contribution in [0.4, 0.5) is 17.1 Å². The maximum atomic E-state index is 13.3. The normalized spacial score (nSPS) is 19.8. The third-order valence-electron chi connectivity index (χ3n) is 5.90. The monoisotopic (exact) mass is 459 g/mol. The van der Waals surface area contributed by atoms with Gasteiger partial charge in [0.05, 0.1) is 11.4 Å². The van der Waals surface area contributed by atoms with E-state index in [1.54, 1.807) is 19.9 Å². The van der Waals surface area contributed by atoms with Gasteiger partial charge in [-0.15, -0.1) is 0 Å². The van der Waals surface area contributed by atoms with Crippen molar-refractivity contribution in [1.29, 1.82) is 0 Å². The summed E-state index contributed by atoms with van der Waals surface area (Å²) in [6.07, 6.45) is 0.355. The Balaban J connectivity index is 2.64. The quantitative estimate of drug-likeness (QED) is 0.440. The number of hydrogen-bond donors (Lipinski definition) is 5. The van der Waals surface area contributed by atoms with Gasteiger partial charge in [0.1, 0.15) is 16.5 Å². The first kappa shape index (κ1) is 25.8. The maximum Gasteiger partial charge on any atom is 0.249 e. The van der Waals surface area contributed by atoms with Crippen LogP contribution >= 0.6 is 0 Å². The van der Waals surface area contributed by atoms with Crippen LogP contribution in [0, 0.1) is 5.41 Å². The Bertz CT molecular complexity index is 995. The Labute approximate surface area is 193 Å². The molecule has 0 saturated heterocycles. The Morgan fingerprint density at radius 3 is 1.67 bits per heavy atom. The predicted molar refractivity (Wildman–Crippen MR) is 125 cm³/mol. The van der Waals surface area contributed by atoms with E-state index in [9.17, 15) is 24.0 Å². The predicted octanol–water partition coefficient (Wildman–Crippen LogP) is 2.13. The van der Waals surface area contributed by atoms with Gasteiger partial charge in [-0.3, -0.25) is 24.0 Å². The van der Waals surface area contributed by atoms with Crippen molar-refractivity contribution in [2.45, 2.75) is 72.4 Å². The van der Waals surface area contributed by atoms with Crippen molar-refractivity contribution in [3.05, 3.63) is 18.2 Å². The first-order valence-electron chi connectivity index (χ1n) is 10.9. The van der Waals surface area contributed by atoms with Crippen molar-refractivity contribution in [3.63, 3.8) is 0 Å². The maximum absolute atomic E-state index is 13.3. The molecule has 1 aromatic carbocycles. The lowest BCUT2D eigenvalue weighted by Gasteiger charge is -2.35. The third-order valence-corrected chi connectivity index (χ3v) is 5.90. The molecule has 0 fully saturated rings. The summed E-state index contributed by atoms with van der Waals surface area (Å²) in [6.45, 7) is 10.9. The fourth-order valence-electron chi connectivity index (χ4n) is 3.51. The van der Waals surface area contributed by atoms with E-state index >= 15 is 0 Å². The number of rotatable bonds is 3. The zero-order valence-electron chi connectivity index (χ0n) is 20.2. The number of nitrogens with one attached hydrogen (secondary N) is 5. The minimum Gasteiger partial charge on any atom is -0.341 e. The van der Waals surface area contributed by atoms with Gasteiger partial charge in [-0.2, -0.15) is 0 Å². The van der Waals surface area contributed by atoms with Gasteiger partial charge in [0.2, 0.25) is 29.5 Å². The van der Waals surface area contributed by atoms with Crippen molar-refractivity contribution in [1.82, 2.24) is 10.6 Å². The van der Waals surface area contributed by atoms with Crippen LogP contribution in [-0.2, 0) is 24.0 Å². The summed E-state index contributed by atoms with van der Waals surface area (Å²) in [5.74, 6) is -2.61. The molecule has 10 nitrogen and oxygen atoms in total. The molecule has 0 spiro atoms. The van der Waals surface area contributed by atoms with Crippen LogP contribution in [0.3, 0.4) is 0 Å². The number of hydrogen-bond acceptors (Lipinski definition) is 5. The molecule has 1 heterocycles. The molecule has 0 radical (unpaired) electrons. The van der Waals surface area contributed by atoms with Gasteiger partial charge in [0.15, 0.2) is 0 Å². The smallest absolute Gasteiger partial charge is 0.249 e. The van der Waals surface area contributed by atoms with Gasteiger partial charge in [0, 0.05) is 12.6 Å². The summed E-state index contributed by atoms with van der Waals surface area (Å²) in [4.78, 5) is 64.2. The van der Waals surface area contributed by atoms with Crippen molar-refractivity contribution >= 4 is 46.6 Å². The van der Waals surface area contributed by atoms with E-state index in [0.29, 0.717) is 5.69 Å². The van der Waals surface area contributed by atoms with Crippen molar-refractivity contribution in [2.75, 3.05) is 16.0 Å². The fraction of sp³-hybridized carbons (Fsp3) is 0.522. The van der Waals surface area contributed by atoms with Crippen LogP contribution < -0.4 is 26.6 Å². The second-order valence-electron chi connectivity index (χ2n) is 9.30. The van der Waals surface area contributed by atoms with E-state index in [4.69, 9.17) is 0 Å². The Hall–Kier alpha value is -3.43. The minimum absolute atomic E-state index is 0.177. The summed E-state index contributed by atoms with van der Waals surface area (Å²) in [5, 5.41) is 13.5. The average Bonchev–Trinajstić information content (AvgIpc) is 2.69. The molecule has 5 amide bonds. The molecule has 5 N–H and O–H groups in total. The highest BCUT2D eigenvalue weighted by atomic mass is 16.2. The number of amides is 5. The zero-order chi connectivity index (χ0) is 25.2. The van der Waals surface area contributed by atoms with Gasteiger partial charge in [0.25, 0.3) is 0 Å². The molecule has 0 atom stereocenters. The molecule has 0 aliphatic carbocycles. The molecule has 1 aliphatic heterocycles. The summed E-state index contributed by atoms with van der Waals surface area (Å²) >= 11 is 0. The topological polar surface area (TPSA) is 146 Å². The molecule has 0 aromatic heterocycles. The molecule has 0 bridgehead atoms. The van der Waals surface area contributed by atoms with Crippen LogP contribution in [0.25, 0.3) is 0 Å². The van der Waals surface area contributed by atoms with E-state index in [-0.39, 0.29) is 30.1 Å². The molecule has 10 heteroatoms. The highest BCUT2D eigenvalue weighted by Crippen LogP contribution is 2.32. The number of carbonyl (C=O) groups excluding carboxylic acids is 5. The number of benzene rings is 1. The van der Waals surface area contributed by atoms with Gasteiger partial charge >= 0.3 is 0 Å². The van der Waals surface area contributed by atoms with Gasteiger partial charge in [-0.1, -0.05) is 13.8 Å². The highest BCUT2D eigenvalue weighted by molar-refractivity contribution is 6.12. The lowest BCUT2D eigenvalue weighted by Crippen LogP contribution is -2.62. The second-order valence-corrected chi connectivity index (χ2v) is 9.30. The Kier molecular flexibility index (Phi) is 7.20. The van der Waals surface area contributed by atoms with Crippen molar-refractivity contribution in [2.24, 2.45) is 5.41 Å². The first-order chi connectivity index (χ1) is 15.2. The molecule has 33 heavy (non-hydrogen) atoms. The van der Waals surface area contributed by atoms with Crippen LogP contribution in [0.1, 0.15) is 61.3 Å². The number of fused-ring (bicyclic) bond motifs is 1. The lowest BCUT2D eigenvalue weighted by atomic mass is 9.78. The third kappa shape index (κ3) is 5.32. The minimum atomic E-state index is -1.46. The van der Waals surface area contributed by atoms with E-state index in [1.165, 1.54) is 46.8 Å². The molecular weight excluding hydrogens is 426 g/mol. The molecule has 2 rings (SSSR count). The lowest BCUT2D eigenvalue weighted by molar-refractivity contribution is -0.148. The average molecular weight is 460 g/mol. The van der Waals surface area contributed by atoms with Gasteiger partial charge in [-0.05, 0) is 58.7 Å². The number of carbonyl (C=O) groups is 5. The molecule has 0 saturated carbocycles. The molecule has 1 aromatic rings. The Morgan fingerprint density at radius 2 is 1.24 bits per heavy atom. The SMILES string of the molecule is CCC1(CC)C(=O)NC(C)(C)C(=O)Nc2ccc(NC(C)=O)cc2NC(=O)C(C)(C)NC1=O. The van der Waals surface area contributed by atoms with Crippen LogP contribution in [-0.4, -0.2) is 40.6 Å². The molecule has 0 unspecified atom stereocenters. The summed E-state index contributed by atoms with van der Waals surface area (Å²) < 4.78 is 0. The Morgan fingerprint density at radius 1 is 0.788 bits per heavy atom. The van der Waals surface area contributed by atoms with Crippen LogP contribution in [0.2, 0.25) is 0 Å². The summed E-state index contributed by atoms with van der Waals surface area (Å²) in [5.41, 5.74) is -3.32. The van der Waals surface area contributed by atoms with Gasteiger partial charge in [-0.25, -0.2) is 0 Å². The fourth-order valence-corrected chi connectivity index (χ4v) is 3.51. The standard InChI is InChI=1S/C23H33N5O5/c1-8-23(9-2)19(32)27-21(4,5)17(30)25-15-11-10-14(24-13(3)29)12-16(15)26-18(31)22(6,7)28-20(23)33/h10-12H,8-9H2,1-7H3,(H,24,29)(H,25,30)(H,26,31)(H,27,32)(H,28,33).